The first-order valence-electron chi connectivity index (χ1n) is 6.44. The highest BCUT2D eigenvalue weighted by atomic mass is 35.5. The van der Waals surface area contributed by atoms with E-state index in [1.807, 2.05) is 19.1 Å². The van der Waals surface area contributed by atoms with Gasteiger partial charge in [-0.25, -0.2) is 0 Å². The number of benzene rings is 1. The van der Waals surface area contributed by atoms with E-state index < -0.39 is 17.8 Å². The summed E-state index contributed by atoms with van der Waals surface area (Å²) < 4.78 is 0. The van der Waals surface area contributed by atoms with Crippen molar-refractivity contribution in [3.63, 3.8) is 0 Å². The molecule has 0 aromatic heterocycles. The van der Waals surface area contributed by atoms with Crippen LogP contribution in [-0.2, 0) is 9.59 Å². The Balaban J connectivity index is 2.14. The number of nitrogens with one attached hydrogen (secondary N) is 1. The molecule has 0 spiro atoms. The molecule has 0 saturated heterocycles. The number of carboxylic acids is 1. The van der Waals surface area contributed by atoms with Gasteiger partial charge in [0.25, 0.3) is 0 Å². The summed E-state index contributed by atoms with van der Waals surface area (Å²) in [5, 5.41) is 12.4. The van der Waals surface area contributed by atoms with E-state index in [1.165, 1.54) is 0 Å². The molecule has 0 aliphatic heterocycles. The van der Waals surface area contributed by atoms with Gasteiger partial charge in [0.15, 0.2) is 0 Å². The van der Waals surface area contributed by atoms with Crippen LogP contribution in [0.2, 0.25) is 5.02 Å². The molecule has 1 aliphatic carbocycles. The Labute approximate surface area is 122 Å². The van der Waals surface area contributed by atoms with E-state index in [-0.39, 0.29) is 5.91 Å². The second-order valence-corrected chi connectivity index (χ2v) is 5.37. The summed E-state index contributed by atoms with van der Waals surface area (Å²) in [6.07, 6.45) is 4.48. The Morgan fingerprint density at radius 3 is 2.50 bits per heavy atom. The zero-order valence-electron chi connectivity index (χ0n) is 11.1. The lowest BCUT2D eigenvalue weighted by atomic mass is 9.82. The molecule has 0 radical (unpaired) electrons. The molecule has 0 bridgehead atoms. The molecule has 1 aliphatic rings. The van der Waals surface area contributed by atoms with Gasteiger partial charge in [-0.2, -0.15) is 0 Å². The number of anilines is 1. The molecule has 4 nitrogen and oxygen atoms in total. The number of carbonyl (C=O) groups is 2. The Bertz CT molecular complexity index is 568. The molecule has 2 rings (SSSR count). The van der Waals surface area contributed by atoms with Gasteiger partial charge >= 0.3 is 5.97 Å². The molecular weight excluding hydrogens is 278 g/mol. The predicted molar refractivity (Wildman–Crippen MR) is 77.8 cm³/mol. The first-order chi connectivity index (χ1) is 9.49. The number of carbonyl (C=O) groups excluding carboxylic acids is 1. The zero-order chi connectivity index (χ0) is 14.7. The van der Waals surface area contributed by atoms with E-state index in [1.54, 1.807) is 18.2 Å². The maximum atomic E-state index is 12.3. The van der Waals surface area contributed by atoms with Crippen molar-refractivity contribution in [2.45, 2.75) is 19.8 Å². The number of carboxylic acid groups (broad SMARTS) is 1. The number of halogens is 1. The predicted octanol–water partition coefficient (Wildman–Crippen LogP) is 3.25. The van der Waals surface area contributed by atoms with Crippen molar-refractivity contribution < 1.29 is 14.7 Å². The highest BCUT2D eigenvalue weighted by Gasteiger charge is 2.34. The Morgan fingerprint density at radius 1 is 1.25 bits per heavy atom. The smallest absolute Gasteiger partial charge is 0.307 e. The standard InChI is InChI=1S/C15H16ClNO3/c1-9-6-7-13(12(16)8-9)17-14(18)10-4-2-3-5-11(10)15(19)20/h2-3,6-8,10-11H,4-5H2,1H3,(H,17,18)(H,19,20)/t10-,11+/m1/s1. The normalized spacial score (nSPS) is 21.5. The molecule has 2 atom stereocenters. The third-order valence-electron chi connectivity index (χ3n) is 3.47. The topological polar surface area (TPSA) is 66.4 Å². The third-order valence-corrected chi connectivity index (χ3v) is 3.78. The molecule has 20 heavy (non-hydrogen) atoms. The van der Waals surface area contributed by atoms with Crippen LogP contribution in [0.3, 0.4) is 0 Å². The molecule has 0 fully saturated rings. The number of hydrogen-bond acceptors (Lipinski definition) is 2. The van der Waals surface area contributed by atoms with Crippen molar-refractivity contribution in [3.8, 4) is 0 Å². The molecule has 5 heteroatoms. The van der Waals surface area contributed by atoms with Crippen LogP contribution in [0.1, 0.15) is 18.4 Å². The van der Waals surface area contributed by atoms with Gasteiger partial charge < -0.3 is 10.4 Å². The van der Waals surface area contributed by atoms with Crippen molar-refractivity contribution in [2.75, 3.05) is 5.32 Å². The van der Waals surface area contributed by atoms with Gasteiger partial charge in [0.05, 0.1) is 22.5 Å². The number of hydrogen-bond donors (Lipinski definition) is 2. The van der Waals surface area contributed by atoms with Crippen molar-refractivity contribution >= 4 is 29.2 Å². The maximum Gasteiger partial charge on any atom is 0.307 e. The molecule has 106 valence electrons. The summed E-state index contributed by atoms with van der Waals surface area (Å²) in [6, 6.07) is 5.33. The van der Waals surface area contributed by atoms with Crippen molar-refractivity contribution in [3.05, 3.63) is 40.9 Å². The lowest BCUT2D eigenvalue weighted by molar-refractivity contribution is -0.146. The van der Waals surface area contributed by atoms with E-state index in [0.29, 0.717) is 23.6 Å². The number of aryl methyl sites for hydroxylation is 1. The fourth-order valence-corrected chi connectivity index (χ4v) is 2.61. The average Bonchev–Trinajstić information content (AvgIpc) is 2.41. The van der Waals surface area contributed by atoms with E-state index in [4.69, 9.17) is 11.6 Å². The fraction of sp³-hybridized carbons (Fsp3) is 0.333. The zero-order valence-corrected chi connectivity index (χ0v) is 11.9. The quantitative estimate of drug-likeness (QED) is 0.841. The van der Waals surface area contributed by atoms with Gasteiger partial charge in [-0.1, -0.05) is 29.8 Å². The highest BCUT2D eigenvalue weighted by molar-refractivity contribution is 6.33. The van der Waals surface area contributed by atoms with Gasteiger partial charge in [0.2, 0.25) is 5.91 Å². The van der Waals surface area contributed by atoms with Crippen LogP contribution >= 0.6 is 11.6 Å². The Hall–Kier alpha value is -1.81. The summed E-state index contributed by atoms with van der Waals surface area (Å²) in [6.45, 7) is 1.91. The second kappa shape index (κ2) is 6.09. The van der Waals surface area contributed by atoms with Gasteiger partial charge in [0, 0.05) is 0 Å². The van der Waals surface area contributed by atoms with Crippen molar-refractivity contribution in [1.82, 2.24) is 0 Å². The number of amides is 1. The minimum atomic E-state index is -0.940. The summed E-state index contributed by atoms with van der Waals surface area (Å²) in [5.74, 6) is -2.48. The third kappa shape index (κ3) is 3.20. The minimum absolute atomic E-state index is 0.299. The maximum absolute atomic E-state index is 12.3. The SMILES string of the molecule is Cc1ccc(NC(=O)[C@@H]2CC=CC[C@@H]2C(=O)O)c(Cl)c1. The van der Waals surface area contributed by atoms with Crippen molar-refractivity contribution in [2.24, 2.45) is 11.8 Å². The molecule has 1 amide bonds. The van der Waals surface area contributed by atoms with Crippen LogP contribution in [0.4, 0.5) is 5.69 Å². The molecule has 0 saturated carbocycles. The Morgan fingerprint density at radius 2 is 1.90 bits per heavy atom. The fourth-order valence-electron chi connectivity index (χ4n) is 2.32. The molecule has 0 unspecified atom stereocenters. The summed E-state index contributed by atoms with van der Waals surface area (Å²) >= 11 is 6.07. The first kappa shape index (κ1) is 14.6. The molecule has 1 aromatic rings. The van der Waals surface area contributed by atoms with Gasteiger partial charge in [-0.05, 0) is 37.5 Å². The monoisotopic (exact) mass is 293 g/mol. The minimum Gasteiger partial charge on any atom is -0.481 e. The summed E-state index contributed by atoms with van der Waals surface area (Å²) in [4.78, 5) is 23.4. The largest absolute Gasteiger partial charge is 0.481 e. The number of aliphatic carboxylic acids is 1. The Kier molecular flexibility index (Phi) is 4.45. The highest BCUT2D eigenvalue weighted by Crippen LogP contribution is 2.29. The van der Waals surface area contributed by atoms with E-state index >= 15 is 0 Å². The van der Waals surface area contributed by atoms with Crippen LogP contribution in [0, 0.1) is 18.8 Å². The number of allylic oxidation sites excluding steroid dienone is 2. The lowest BCUT2D eigenvalue weighted by Gasteiger charge is -2.24. The molecule has 0 heterocycles. The molecule has 1 aromatic carbocycles. The van der Waals surface area contributed by atoms with Gasteiger partial charge in [0.1, 0.15) is 0 Å². The van der Waals surface area contributed by atoms with E-state index in [0.717, 1.165) is 5.56 Å². The first-order valence-corrected chi connectivity index (χ1v) is 6.81. The average molecular weight is 294 g/mol. The van der Waals surface area contributed by atoms with Crippen LogP contribution in [0.5, 0.6) is 0 Å². The van der Waals surface area contributed by atoms with Crippen molar-refractivity contribution in [1.29, 1.82) is 0 Å². The van der Waals surface area contributed by atoms with Gasteiger partial charge in [-0.15, -0.1) is 0 Å². The van der Waals surface area contributed by atoms with Gasteiger partial charge in [-0.3, -0.25) is 9.59 Å². The molecular formula is C15H16ClNO3. The summed E-state index contributed by atoms with van der Waals surface area (Å²) in [5.41, 5.74) is 1.51. The molecule has 2 N–H and O–H groups in total. The van der Waals surface area contributed by atoms with Crippen LogP contribution in [-0.4, -0.2) is 17.0 Å². The van der Waals surface area contributed by atoms with E-state index in [2.05, 4.69) is 5.32 Å². The lowest BCUT2D eigenvalue weighted by Crippen LogP contribution is -2.34. The van der Waals surface area contributed by atoms with E-state index in [9.17, 15) is 14.7 Å². The summed E-state index contributed by atoms with van der Waals surface area (Å²) in [7, 11) is 0. The number of rotatable bonds is 3. The van der Waals surface area contributed by atoms with Crippen LogP contribution < -0.4 is 5.32 Å². The van der Waals surface area contributed by atoms with Crippen LogP contribution in [0.15, 0.2) is 30.4 Å². The van der Waals surface area contributed by atoms with Crippen LogP contribution in [0.25, 0.3) is 0 Å². The second-order valence-electron chi connectivity index (χ2n) is 4.97.